The van der Waals surface area contributed by atoms with E-state index in [0.717, 1.165) is 11.6 Å². The Morgan fingerprint density at radius 2 is 1.83 bits per heavy atom. The molecule has 0 amide bonds. The summed E-state index contributed by atoms with van der Waals surface area (Å²) >= 11 is 0. The molecule has 3 rings (SSSR count). The van der Waals surface area contributed by atoms with Crippen LogP contribution < -0.4 is 10.3 Å². The van der Waals surface area contributed by atoms with Gasteiger partial charge in [-0.2, -0.15) is 5.10 Å². The second kappa shape index (κ2) is 8.52. The van der Waals surface area contributed by atoms with Gasteiger partial charge in [0.05, 0.1) is 12.8 Å². The van der Waals surface area contributed by atoms with Crippen LogP contribution in [0.25, 0.3) is 11.4 Å². The van der Waals surface area contributed by atoms with Crippen molar-refractivity contribution in [2.75, 3.05) is 7.11 Å². The van der Waals surface area contributed by atoms with Crippen molar-refractivity contribution in [1.82, 2.24) is 14.8 Å². The molecule has 156 valence electrons. The number of halogens is 2. The third-order valence-electron chi connectivity index (χ3n) is 4.73. The fourth-order valence-electron chi connectivity index (χ4n) is 2.92. The first-order valence-corrected chi connectivity index (χ1v) is 9.29. The van der Waals surface area contributed by atoms with Crippen molar-refractivity contribution in [3.8, 4) is 17.1 Å². The number of methoxy groups -OCH3 is 1. The molecule has 0 bridgehead atoms. The number of nitrogens with zero attached hydrogens (tertiary/aromatic N) is 3. The summed E-state index contributed by atoms with van der Waals surface area (Å²) in [6, 6.07) is 11.0. The van der Waals surface area contributed by atoms with E-state index in [4.69, 9.17) is 4.74 Å². The molecule has 0 radical (unpaired) electrons. The molecule has 0 spiro atoms. The van der Waals surface area contributed by atoms with Crippen LogP contribution in [0.3, 0.4) is 0 Å². The molecule has 6 nitrogen and oxygen atoms in total. The molecule has 30 heavy (non-hydrogen) atoms. The van der Waals surface area contributed by atoms with Crippen LogP contribution >= 0.6 is 0 Å². The van der Waals surface area contributed by atoms with Crippen molar-refractivity contribution in [3.63, 3.8) is 0 Å². The molecule has 0 aliphatic rings. The number of benzene rings is 1. The highest BCUT2D eigenvalue weighted by molar-refractivity contribution is 5.84. The van der Waals surface area contributed by atoms with Crippen LogP contribution in [0.1, 0.15) is 31.0 Å². The highest BCUT2D eigenvalue weighted by Crippen LogP contribution is 2.27. The predicted molar refractivity (Wildman–Crippen MR) is 108 cm³/mol. The summed E-state index contributed by atoms with van der Waals surface area (Å²) < 4.78 is 33.0. The van der Waals surface area contributed by atoms with E-state index < -0.39 is 17.5 Å². The van der Waals surface area contributed by atoms with E-state index in [1.165, 1.54) is 43.5 Å². The molecular formula is C22H21F2N3O3. The largest absolute Gasteiger partial charge is 0.497 e. The van der Waals surface area contributed by atoms with Crippen LogP contribution in [0, 0.1) is 0 Å². The number of ether oxygens (including phenoxy) is 1. The smallest absolute Gasteiger partial charge is 0.270 e. The van der Waals surface area contributed by atoms with Gasteiger partial charge < -0.3 is 4.74 Å². The van der Waals surface area contributed by atoms with Gasteiger partial charge in [-0.15, -0.1) is 0 Å². The van der Waals surface area contributed by atoms with Gasteiger partial charge in [0.1, 0.15) is 17.5 Å². The van der Waals surface area contributed by atoms with E-state index in [1.807, 2.05) is 0 Å². The van der Waals surface area contributed by atoms with Crippen molar-refractivity contribution >= 4 is 5.78 Å². The number of hydrogen-bond donors (Lipinski definition) is 0. The van der Waals surface area contributed by atoms with Gasteiger partial charge in [-0.3, -0.25) is 14.6 Å². The summed E-state index contributed by atoms with van der Waals surface area (Å²) in [5, 5.41) is 4.29. The summed E-state index contributed by atoms with van der Waals surface area (Å²) in [5.41, 5.74) is 0.951. The monoisotopic (exact) mass is 413 g/mol. The zero-order chi connectivity index (χ0) is 21.9. The van der Waals surface area contributed by atoms with Gasteiger partial charge in [0.25, 0.3) is 11.5 Å². The number of Topliss-reactive ketones (excluding diaryl/α,β-unsaturated/α-hetero) is 1. The first kappa shape index (κ1) is 21.3. The van der Waals surface area contributed by atoms with Crippen LogP contribution in [0.5, 0.6) is 5.75 Å². The number of carbonyl (C=O) groups is 1. The molecule has 1 atom stereocenters. The standard InChI is InChI=1S/C22H21F2N3O3/c1-14(20(28)12-15-4-6-16(7-5-15)22(2,23)24)27-21(29)9-8-18(26-27)19-13-17(30-3)10-11-25-19/h4-11,13-14H,12H2,1-3H3. The number of alkyl halides is 2. The van der Waals surface area contributed by atoms with Gasteiger partial charge in [0, 0.05) is 37.2 Å². The second-order valence-electron chi connectivity index (χ2n) is 6.99. The summed E-state index contributed by atoms with van der Waals surface area (Å²) in [6.07, 6.45) is 1.55. The number of hydrogen-bond acceptors (Lipinski definition) is 5. The van der Waals surface area contributed by atoms with Gasteiger partial charge in [-0.25, -0.2) is 13.5 Å². The molecule has 1 aromatic carbocycles. The summed E-state index contributed by atoms with van der Waals surface area (Å²) in [5.74, 6) is -2.62. The lowest BCUT2D eigenvalue weighted by Crippen LogP contribution is -2.31. The lowest BCUT2D eigenvalue weighted by molar-refractivity contribution is -0.121. The van der Waals surface area contributed by atoms with Gasteiger partial charge >= 0.3 is 0 Å². The number of pyridine rings is 1. The average molecular weight is 413 g/mol. The van der Waals surface area contributed by atoms with E-state index in [9.17, 15) is 18.4 Å². The number of aromatic nitrogens is 3. The highest BCUT2D eigenvalue weighted by Gasteiger charge is 2.24. The molecule has 0 saturated carbocycles. The lowest BCUT2D eigenvalue weighted by atomic mass is 10.0. The van der Waals surface area contributed by atoms with Gasteiger partial charge in [0.15, 0.2) is 5.78 Å². The van der Waals surface area contributed by atoms with Crippen molar-refractivity contribution < 1.29 is 18.3 Å². The molecule has 3 aromatic rings. The van der Waals surface area contributed by atoms with Crippen LogP contribution in [0.2, 0.25) is 0 Å². The summed E-state index contributed by atoms with van der Waals surface area (Å²) in [4.78, 5) is 29.2. The number of carbonyl (C=O) groups excluding carboxylic acids is 1. The first-order chi connectivity index (χ1) is 14.2. The summed E-state index contributed by atoms with van der Waals surface area (Å²) in [7, 11) is 1.53. The molecule has 1 unspecified atom stereocenters. The molecule has 0 aliphatic heterocycles. The fourth-order valence-corrected chi connectivity index (χ4v) is 2.92. The van der Waals surface area contributed by atoms with E-state index in [2.05, 4.69) is 10.1 Å². The van der Waals surface area contributed by atoms with E-state index >= 15 is 0 Å². The predicted octanol–water partition coefficient (Wildman–Crippen LogP) is 3.80. The van der Waals surface area contributed by atoms with Crippen LogP contribution in [0.4, 0.5) is 8.78 Å². The molecule has 2 heterocycles. The molecule has 8 heteroatoms. The topological polar surface area (TPSA) is 74.1 Å². The van der Waals surface area contributed by atoms with Crippen molar-refractivity contribution in [1.29, 1.82) is 0 Å². The quantitative estimate of drug-likeness (QED) is 0.589. The number of rotatable bonds is 7. The zero-order valence-electron chi connectivity index (χ0n) is 16.8. The second-order valence-corrected chi connectivity index (χ2v) is 6.99. The Morgan fingerprint density at radius 3 is 2.47 bits per heavy atom. The molecule has 0 N–H and O–H groups in total. The lowest BCUT2D eigenvalue weighted by Gasteiger charge is -2.15. The van der Waals surface area contributed by atoms with E-state index in [-0.39, 0.29) is 17.8 Å². The van der Waals surface area contributed by atoms with Crippen LogP contribution in [-0.4, -0.2) is 27.7 Å². The fraction of sp³-hybridized carbons (Fsp3) is 0.273. The molecule has 0 fully saturated rings. The minimum atomic E-state index is -2.94. The maximum atomic E-state index is 13.3. The highest BCUT2D eigenvalue weighted by atomic mass is 19.3. The van der Waals surface area contributed by atoms with E-state index in [1.54, 1.807) is 25.3 Å². The zero-order valence-corrected chi connectivity index (χ0v) is 16.8. The van der Waals surface area contributed by atoms with Gasteiger partial charge in [-0.05, 0) is 24.6 Å². The third kappa shape index (κ3) is 4.76. The first-order valence-electron chi connectivity index (χ1n) is 9.29. The summed E-state index contributed by atoms with van der Waals surface area (Å²) in [6.45, 7) is 2.39. The van der Waals surface area contributed by atoms with Gasteiger partial charge in [0.2, 0.25) is 0 Å². The Morgan fingerprint density at radius 1 is 1.13 bits per heavy atom. The Labute approximate surface area is 172 Å². The Bertz CT molecular complexity index is 1110. The maximum Gasteiger partial charge on any atom is 0.270 e. The van der Waals surface area contributed by atoms with Gasteiger partial charge in [-0.1, -0.05) is 24.3 Å². The third-order valence-corrected chi connectivity index (χ3v) is 4.73. The average Bonchev–Trinajstić information content (AvgIpc) is 2.73. The van der Waals surface area contributed by atoms with Crippen molar-refractivity contribution in [2.24, 2.45) is 0 Å². The van der Waals surface area contributed by atoms with Crippen LogP contribution in [0.15, 0.2) is 59.5 Å². The SMILES string of the molecule is COc1ccnc(-c2ccc(=O)n(C(C)C(=O)Cc3ccc(C(C)(F)F)cc3)n2)c1. The van der Waals surface area contributed by atoms with E-state index in [0.29, 0.717) is 22.7 Å². The van der Waals surface area contributed by atoms with Crippen molar-refractivity contribution in [2.45, 2.75) is 32.2 Å². The maximum absolute atomic E-state index is 13.3. The Kier molecular flexibility index (Phi) is 6.05. The normalized spacial score (nSPS) is 12.4. The van der Waals surface area contributed by atoms with Crippen LogP contribution in [-0.2, 0) is 17.1 Å². The molecule has 0 aliphatic carbocycles. The van der Waals surface area contributed by atoms with Crippen molar-refractivity contribution in [3.05, 3.63) is 76.2 Å². The minimum absolute atomic E-state index is 0.00745. The molecule has 0 saturated heterocycles. The number of ketones is 1. The molecule has 2 aromatic heterocycles. The Balaban J connectivity index is 1.82. The molecular weight excluding hydrogens is 392 g/mol. The minimum Gasteiger partial charge on any atom is -0.497 e. The Hall–Kier alpha value is -3.42.